The molecular formula is C56H74N8O15S2. The molecule has 2 saturated heterocycles. The van der Waals surface area contributed by atoms with Gasteiger partial charge < -0.3 is 40.2 Å². The minimum atomic E-state index is -4.72. The number of hydrogen-bond acceptors (Lipinski definition) is 15. The number of carbonyl (C=O) groups excluding carboxylic acids is 7. The molecule has 5 aliphatic rings. The van der Waals surface area contributed by atoms with Crippen LogP contribution in [0.5, 0.6) is 0 Å². The fraction of sp³-hybridized carbons (Fsp3) is 0.536. The maximum atomic E-state index is 13.8. The third-order valence-electron chi connectivity index (χ3n) is 15.5. The van der Waals surface area contributed by atoms with Gasteiger partial charge in [0, 0.05) is 73.4 Å². The van der Waals surface area contributed by atoms with Gasteiger partial charge in [0.2, 0.25) is 29.3 Å². The number of unbranched alkanes of at least 4 members (excludes halogenated alkanes) is 4. The van der Waals surface area contributed by atoms with Gasteiger partial charge in [-0.15, -0.1) is 0 Å². The molecule has 25 heteroatoms. The number of esters is 1. The Hall–Kier alpha value is -6.80. The van der Waals surface area contributed by atoms with Crippen LogP contribution in [0.15, 0.2) is 82.3 Å². The molecule has 440 valence electrons. The minimum Gasteiger partial charge on any atom is -0.744 e. The number of benzene rings is 2. The number of epoxide rings is 1. The molecule has 6 N–H and O–H groups in total. The van der Waals surface area contributed by atoms with Crippen LogP contribution >= 0.6 is 0 Å². The number of primary amides is 1. The number of rotatable bonds is 26. The van der Waals surface area contributed by atoms with Gasteiger partial charge in [-0.3, -0.25) is 38.7 Å². The molecule has 0 spiro atoms. The van der Waals surface area contributed by atoms with Crippen molar-refractivity contribution in [1.29, 1.82) is 0 Å². The minimum absolute atomic E-state index is 0.0614. The highest BCUT2D eigenvalue weighted by Gasteiger charge is 2.56. The summed E-state index contributed by atoms with van der Waals surface area (Å²) in [5.74, 6) is -4.16. The quantitative estimate of drug-likeness (QED) is 0.0171. The number of fused-ring (bicyclic) bond motifs is 2. The Kier molecular flexibility index (Phi) is 19.2. The van der Waals surface area contributed by atoms with Crippen molar-refractivity contribution in [3.05, 3.63) is 83.6 Å². The molecule has 2 aromatic rings. The number of hydrogen-bond donors (Lipinski definition) is 5. The molecule has 1 aliphatic carbocycles. The van der Waals surface area contributed by atoms with Crippen LogP contribution in [-0.4, -0.2) is 151 Å². The molecule has 4 heterocycles. The van der Waals surface area contributed by atoms with Crippen molar-refractivity contribution in [2.75, 3.05) is 44.2 Å². The lowest BCUT2D eigenvalue weighted by Gasteiger charge is -2.30. The number of likely N-dealkylation sites (N-methyl/N-ethyl adjacent to an activating group) is 1. The van der Waals surface area contributed by atoms with Gasteiger partial charge in [-0.25, -0.2) is 18.2 Å². The van der Waals surface area contributed by atoms with Gasteiger partial charge in [0.05, 0.1) is 21.8 Å². The SMILES string of the molecule is CCOC(=O)[C@@H]1O[C@H]1C(=O)N(CC(N)=O)NC(=O)[C@@H]1CCCN1C(=O)C1(NC(=O)CCCCCNC(=O)CCCCC[N+]2=C(C=CC=CC=C3N(CC)c4ccc(S(=O)(=O)O)cc4C3(C)C)C(C)(C)c3cc(S(=O)(=O)[O-])ccc32)CC1. The summed E-state index contributed by atoms with van der Waals surface area (Å²) in [4.78, 5) is 93.0. The molecule has 3 atom stereocenters. The predicted molar refractivity (Wildman–Crippen MR) is 295 cm³/mol. The number of allylic oxidation sites excluding steroid dienone is 6. The summed E-state index contributed by atoms with van der Waals surface area (Å²) in [7, 11) is -9.11. The summed E-state index contributed by atoms with van der Waals surface area (Å²) in [6, 6.07) is 8.03. The van der Waals surface area contributed by atoms with Crippen LogP contribution in [0.4, 0.5) is 11.4 Å². The second kappa shape index (κ2) is 25.1. The van der Waals surface area contributed by atoms with Crippen molar-refractivity contribution in [2.24, 2.45) is 5.73 Å². The maximum absolute atomic E-state index is 13.8. The number of hydrazine groups is 1. The normalized spacial score (nSPS) is 20.8. The van der Waals surface area contributed by atoms with Crippen LogP contribution < -0.4 is 26.7 Å². The van der Waals surface area contributed by atoms with Crippen LogP contribution in [0.1, 0.15) is 130 Å². The lowest BCUT2D eigenvalue weighted by atomic mass is 9.81. The Bertz CT molecular complexity index is 3180. The first-order valence-corrected chi connectivity index (χ1v) is 30.3. The number of ether oxygens (including phenoxy) is 2. The van der Waals surface area contributed by atoms with Gasteiger partial charge in [-0.2, -0.15) is 13.0 Å². The smallest absolute Gasteiger partial charge is 0.338 e. The van der Waals surface area contributed by atoms with Crippen molar-refractivity contribution in [3.8, 4) is 0 Å². The van der Waals surface area contributed by atoms with Gasteiger partial charge in [0.15, 0.2) is 17.9 Å². The number of likely N-dealkylation sites (tertiary alicyclic amines) is 1. The highest BCUT2D eigenvalue weighted by Crippen LogP contribution is 2.48. The third kappa shape index (κ3) is 14.3. The maximum Gasteiger partial charge on any atom is 0.338 e. The Morgan fingerprint density at radius 1 is 0.864 bits per heavy atom. The average molecular weight is 1160 g/mol. The zero-order valence-electron chi connectivity index (χ0n) is 46.7. The Labute approximate surface area is 472 Å². The third-order valence-corrected chi connectivity index (χ3v) is 17.2. The lowest BCUT2D eigenvalue weighted by molar-refractivity contribution is -0.438. The van der Waals surface area contributed by atoms with Gasteiger partial charge in [-0.05, 0) is 121 Å². The van der Waals surface area contributed by atoms with Gasteiger partial charge in [0.25, 0.3) is 21.9 Å². The molecule has 7 rings (SSSR count). The van der Waals surface area contributed by atoms with Gasteiger partial charge in [-0.1, -0.05) is 38.5 Å². The largest absolute Gasteiger partial charge is 0.744 e. The second-order valence-electron chi connectivity index (χ2n) is 22.0. The van der Waals surface area contributed by atoms with Crippen molar-refractivity contribution < 1.29 is 73.6 Å². The molecule has 0 unspecified atom stereocenters. The number of nitrogens with two attached hydrogens (primary N) is 1. The summed E-state index contributed by atoms with van der Waals surface area (Å²) in [6.45, 7) is 12.7. The number of nitrogens with zero attached hydrogens (tertiary/aromatic N) is 4. The van der Waals surface area contributed by atoms with Crippen LogP contribution in [0.3, 0.4) is 0 Å². The Morgan fingerprint density at radius 3 is 2.20 bits per heavy atom. The molecule has 6 amide bonds. The second-order valence-corrected chi connectivity index (χ2v) is 24.8. The highest BCUT2D eigenvalue weighted by molar-refractivity contribution is 7.86. The van der Waals surface area contributed by atoms with E-state index >= 15 is 0 Å². The first-order chi connectivity index (χ1) is 38.2. The standard InChI is InChI=1S/C56H74N8O15S2/c1-7-61-40-26-24-36(80(72,73)74)33-38(40)54(3,4)43(61)20-12-9-13-21-44-55(5,6)39-34-37(81(75,76)77)25-27-41(39)62(44)31-17-11-15-22-46(66)58-30-16-10-14-23-47(67)59-56(28-29-56)53(71)63-32-18-19-42(63)50(68)60-64(35-45(57)65)51(69)48-49(79-48)52(70)78-8-2/h9,12-13,20-21,24-27,33-34,42,48-49H,7-8,10-11,14-19,22-23,28-32,35H2,1-6H3,(H6-,57,58,59,60,65,66,67,68,72,73,74,75,76,77)/t42-,48+,49+/m0/s1. The lowest BCUT2D eigenvalue weighted by Crippen LogP contribution is -2.59. The van der Waals surface area contributed by atoms with E-state index in [0.717, 1.165) is 28.3 Å². The molecule has 3 fully saturated rings. The van der Waals surface area contributed by atoms with Crippen LogP contribution in [-0.2, 0) is 74.1 Å². The summed E-state index contributed by atoms with van der Waals surface area (Å²) in [5, 5.41) is 6.49. The van der Waals surface area contributed by atoms with Crippen molar-refractivity contribution in [2.45, 2.75) is 163 Å². The molecular weight excluding hydrogens is 1090 g/mol. The van der Waals surface area contributed by atoms with E-state index in [0.29, 0.717) is 94.4 Å². The molecule has 1 saturated carbocycles. The number of nitrogens with one attached hydrogen (secondary N) is 3. The molecule has 81 heavy (non-hydrogen) atoms. The van der Waals surface area contributed by atoms with E-state index in [2.05, 4.69) is 25.5 Å². The molecule has 23 nitrogen and oxygen atoms in total. The first kappa shape index (κ1) is 61.8. The highest BCUT2D eigenvalue weighted by atomic mass is 32.2. The summed E-state index contributed by atoms with van der Waals surface area (Å²) < 4.78 is 82.0. The summed E-state index contributed by atoms with van der Waals surface area (Å²) >= 11 is 0. The number of carbonyl (C=O) groups is 7. The van der Waals surface area contributed by atoms with Crippen molar-refractivity contribution in [3.63, 3.8) is 0 Å². The Morgan fingerprint density at radius 2 is 1.54 bits per heavy atom. The van der Waals surface area contributed by atoms with E-state index in [1.165, 1.54) is 29.2 Å². The molecule has 2 aromatic carbocycles. The molecule has 0 aromatic heterocycles. The molecule has 4 aliphatic heterocycles. The van der Waals surface area contributed by atoms with Crippen LogP contribution in [0.2, 0.25) is 0 Å². The van der Waals surface area contributed by atoms with Gasteiger partial charge >= 0.3 is 5.97 Å². The van der Waals surface area contributed by atoms with E-state index in [-0.39, 0.29) is 47.6 Å². The van der Waals surface area contributed by atoms with E-state index in [1.54, 1.807) is 19.1 Å². The topological polar surface area (TPSA) is 328 Å². The zero-order valence-corrected chi connectivity index (χ0v) is 48.3. The van der Waals surface area contributed by atoms with Crippen LogP contribution in [0.25, 0.3) is 0 Å². The molecule has 0 bridgehead atoms. The van der Waals surface area contributed by atoms with E-state index in [4.69, 9.17) is 15.2 Å². The molecule has 0 radical (unpaired) electrons. The summed E-state index contributed by atoms with van der Waals surface area (Å²) in [6.07, 6.45) is 12.9. The number of amides is 6. The van der Waals surface area contributed by atoms with Gasteiger partial charge in [0.1, 0.15) is 34.8 Å². The first-order valence-electron chi connectivity index (χ1n) is 27.5. The van der Waals surface area contributed by atoms with E-state index in [9.17, 15) is 59.5 Å². The summed E-state index contributed by atoms with van der Waals surface area (Å²) in [5.41, 5.74) is 10.2. The predicted octanol–water partition coefficient (Wildman–Crippen LogP) is 3.58. The van der Waals surface area contributed by atoms with Crippen molar-refractivity contribution in [1.82, 2.24) is 26.0 Å². The van der Waals surface area contributed by atoms with Crippen LogP contribution in [0, 0.1) is 0 Å². The van der Waals surface area contributed by atoms with E-state index < -0.39 is 91.0 Å². The Balaban J connectivity index is 0.848. The number of anilines is 1. The van der Waals surface area contributed by atoms with E-state index in [1.807, 2.05) is 65.0 Å². The van der Waals surface area contributed by atoms with Crippen molar-refractivity contribution >= 4 is 78.7 Å². The fourth-order valence-electron chi connectivity index (χ4n) is 11.0. The zero-order chi connectivity index (χ0) is 59.2. The average Bonchev–Trinajstić information content (AvgIpc) is 4.43. The monoisotopic (exact) mass is 1160 g/mol. The fourth-order valence-corrected chi connectivity index (χ4v) is 12.0.